The number of carbonyl (C=O) groups excluding carboxylic acids is 2. The number of methoxy groups -OCH3 is 1. The number of imidazole rings is 1. The average molecular weight is 395 g/mol. The van der Waals surface area contributed by atoms with Crippen molar-refractivity contribution in [1.82, 2.24) is 19.3 Å². The molecule has 1 amide bonds. The third-order valence-electron chi connectivity index (χ3n) is 4.84. The van der Waals surface area contributed by atoms with E-state index in [0.717, 1.165) is 5.69 Å². The topological polar surface area (TPSA) is 100 Å². The molecule has 0 saturated carbocycles. The van der Waals surface area contributed by atoms with Crippen molar-refractivity contribution in [3.8, 4) is 5.75 Å². The molecule has 0 spiro atoms. The predicted molar refractivity (Wildman–Crippen MR) is 106 cm³/mol. The summed E-state index contributed by atoms with van der Waals surface area (Å²) < 4.78 is 14.1. The van der Waals surface area contributed by atoms with E-state index in [1.165, 1.54) is 7.11 Å². The maximum atomic E-state index is 12.9. The molecule has 0 bridgehead atoms. The van der Waals surface area contributed by atoms with E-state index >= 15 is 0 Å². The monoisotopic (exact) mass is 395 g/mol. The highest BCUT2D eigenvalue weighted by Crippen LogP contribution is 2.37. The van der Waals surface area contributed by atoms with Crippen molar-refractivity contribution in [1.29, 1.82) is 0 Å². The number of amides is 1. The summed E-state index contributed by atoms with van der Waals surface area (Å²) in [6, 6.07) is 4.75. The fourth-order valence-electron chi connectivity index (χ4n) is 3.51. The number of hydrogen-bond acceptors (Lipinski definition) is 6. The minimum atomic E-state index is -0.486. The summed E-state index contributed by atoms with van der Waals surface area (Å²) in [6.45, 7) is 8.50. The average Bonchev–Trinajstić information content (AvgIpc) is 3.29. The summed E-state index contributed by atoms with van der Waals surface area (Å²) in [5, 5.41) is 7.19. The second kappa shape index (κ2) is 7.08. The SMILES string of the molecule is C=C[C@H]1COc2cc(C(=O)OC)cc3nc(NC(=O)c4cc(C)nn4CC)n1c23. The molecule has 1 aliphatic rings. The molecule has 1 aromatic carbocycles. The van der Waals surface area contributed by atoms with Gasteiger partial charge in [-0.25, -0.2) is 9.78 Å². The van der Waals surface area contributed by atoms with Crippen molar-refractivity contribution >= 4 is 28.9 Å². The zero-order valence-electron chi connectivity index (χ0n) is 16.4. The van der Waals surface area contributed by atoms with Gasteiger partial charge in [0.25, 0.3) is 5.91 Å². The molecule has 0 aliphatic carbocycles. The van der Waals surface area contributed by atoms with E-state index in [1.807, 2.05) is 18.4 Å². The van der Waals surface area contributed by atoms with Crippen LogP contribution in [0.25, 0.3) is 11.0 Å². The number of aromatic nitrogens is 4. The first-order valence-electron chi connectivity index (χ1n) is 9.22. The van der Waals surface area contributed by atoms with E-state index in [-0.39, 0.29) is 11.9 Å². The van der Waals surface area contributed by atoms with E-state index < -0.39 is 5.97 Å². The lowest BCUT2D eigenvalue weighted by molar-refractivity contribution is 0.0600. The van der Waals surface area contributed by atoms with Crippen molar-refractivity contribution in [2.45, 2.75) is 26.4 Å². The number of rotatable bonds is 5. The molecule has 9 heteroatoms. The van der Waals surface area contributed by atoms with Crippen LogP contribution in [0.15, 0.2) is 30.9 Å². The van der Waals surface area contributed by atoms with E-state index in [2.05, 4.69) is 22.0 Å². The van der Waals surface area contributed by atoms with Crippen LogP contribution in [0.2, 0.25) is 0 Å². The van der Waals surface area contributed by atoms with Gasteiger partial charge in [0, 0.05) is 6.54 Å². The van der Waals surface area contributed by atoms with Gasteiger partial charge in [-0.15, -0.1) is 6.58 Å². The standard InChI is InChI=1S/C20H21N5O4/c1-5-13-10-29-16-9-12(19(27)28-4)8-14-17(16)25(13)20(21-14)22-18(26)15-7-11(3)23-24(15)6-2/h5,7-9,13H,1,6,10H2,2-4H3,(H,21,22,26)/t13-/m0/s1. The van der Waals surface area contributed by atoms with E-state index in [0.29, 0.717) is 47.1 Å². The van der Waals surface area contributed by atoms with Gasteiger partial charge in [0.1, 0.15) is 23.6 Å². The summed E-state index contributed by atoms with van der Waals surface area (Å²) in [4.78, 5) is 29.5. The molecule has 150 valence electrons. The number of esters is 1. The van der Waals surface area contributed by atoms with Gasteiger partial charge in [-0.1, -0.05) is 6.08 Å². The quantitative estimate of drug-likeness (QED) is 0.527. The van der Waals surface area contributed by atoms with Crippen LogP contribution >= 0.6 is 0 Å². The molecule has 4 rings (SSSR count). The number of anilines is 1. The van der Waals surface area contributed by atoms with Gasteiger partial charge < -0.3 is 9.47 Å². The summed E-state index contributed by atoms with van der Waals surface area (Å²) in [6.07, 6.45) is 1.73. The van der Waals surface area contributed by atoms with E-state index in [1.54, 1.807) is 29.0 Å². The molecule has 9 nitrogen and oxygen atoms in total. The minimum absolute atomic E-state index is 0.218. The van der Waals surface area contributed by atoms with Gasteiger partial charge in [0.2, 0.25) is 5.95 Å². The number of nitrogens with one attached hydrogen (secondary N) is 1. The number of nitrogens with zero attached hydrogens (tertiary/aromatic N) is 4. The number of benzene rings is 1. The number of carbonyl (C=O) groups is 2. The molecular weight excluding hydrogens is 374 g/mol. The molecule has 3 aromatic rings. The van der Waals surface area contributed by atoms with Crippen LogP contribution in [0.3, 0.4) is 0 Å². The zero-order chi connectivity index (χ0) is 20.7. The van der Waals surface area contributed by atoms with Crippen molar-refractivity contribution in [2.24, 2.45) is 0 Å². The van der Waals surface area contributed by atoms with Crippen LogP contribution in [0.1, 0.15) is 39.5 Å². The summed E-state index contributed by atoms with van der Waals surface area (Å²) >= 11 is 0. The molecule has 1 N–H and O–H groups in total. The lowest BCUT2D eigenvalue weighted by Crippen LogP contribution is -2.25. The molecule has 0 saturated heterocycles. The van der Waals surface area contributed by atoms with Crippen LogP contribution in [0.5, 0.6) is 5.75 Å². The fourth-order valence-corrected chi connectivity index (χ4v) is 3.51. The van der Waals surface area contributed by atoms with E-state index in [9.17, 15) is 9.59 Å². The smallest absolute Gasteiger partial charge is 0.338 e. The maximum Gasteiger partial charge on any atom is 0.338 e. The number of hydrogen-bond donors (Lipinski definition) is 1. The summed E-state index contributed by atoms with van der Waals surface area (Å²) in [5.74, 6) is 0.0505. The van der Waals surface area contributed by atoms with Crippen molar-refractivity contribution in [3.05, 3.63) is 47.8 Å². The van der Waals surface area contributed by atoms with Gasteiger partial charge in [-0.2, -0.15) is 5.10 Å². The number of ether oxygens (including phenoxy) is 2. The Balaban J connectivity index is 1.82. The Morgan fingerprint density at radius 2 is 2.21 bits per heavy atom. The Labute approximate surface area is 166 Å². The third-order valence-corrected chi connectivity index (χ3v) is 4.84. The van der Waals surface area contributed by atoms with Gasteiger partial charge >= 0.3 is 5.97 Å². The normalized spacial score (nSPS) is 15.1. The lowest BCUT2D eigenvalue weighted by atomic mass is 10.1. The van der Waals surface area contributed by atoms with Crippen molar-refractivity contribution < 1.29 is 19.1 Å². The Hall–Kier alpha value is -3.62. The van der Waals surface area contributed by atoms with Crippen LogP contribution in [0, 0.1) is 6.92 Å². The van der Waals surface area contributed by atoms with Gasteiger partial charge in [-0.05, 0) is 32.0 Å². The lowest BCUT2D eigenvalue weighted by Gasteiger charge is -2.25. The predicted octanol–water partition coefficient (Wildman–Crippen LogP) is 2.72. The van der Waals surface area contributed by atoms with Gasteiger partial charge in [0.05, 0.1) is 29.9 Å². The summed E-state index contributed by atoms with van der Waals surface area (Å²) in [7, 11) is 1.32. The molecule has 2 aromatic heterocycles. The van der Waals surface area contributed by atoms with Crippen LogP contribution in [-0.4, -0.2) is 44.9 Å². The molecular formula is C20H21N5O4. The fraction of sp³-hybridized carbons (Fsp3) is 0.300. The molecule has 0 fully saturated rings. The highest BCUT2D eigenvalue weighted by molar-refractivity contribution is 6.04. The van der Waals surface area contributed by atoms with Crippen LogP contribution < -0.4 is 10.1 Å². The molecule has 1 aliphatic heterocycles. The minimum Gasteiger partial charge on any atom is -0.489 e. The molecule has 29 heavy (non-hydrogen) atoms. The zero-order valence-corrected chi connectivity index (χ0v) is 16.4. The van der Waals surface area contributed by atoms with Gasteiger partial charge in [0.15, 0.2) is 0 Å². The summed E-state index contributed by atoms with van der Waals surface area (Å²) in [5.41, 5.74) is 2.74. The maximum absolute atomic E-state index is 12.9. The largest absolute Gasteiger partial charge is 0.489 e. The molecule has 3 heterocycles. The van der Waals surface area contributed by atoms with Crippen molar-refractivity contribution in [3.63, 3.8) is 0 Å². The van der Waals surface area contributed by atoms with Crippen molar-refractivity contribution in [2.75, 3.05) is 19.0 Å². The number of aryl methyl sites for hydroxylation is 2. The Morgan fingerprint density at radius 3 is 2.90 bits per heavy atom. The first kappa shape index (κ1) is 18.7. The van der Waals surface area contributed by atoms with E-state index in [4.69, 9.17) is 9.47 Å². The molecule has 1 atom stereocenters. The van der Waals surface area contributed by atoms with Gasteiger partial charge in [-0.3, -0.25) is 19.4 Å². The second-order valence-electron chi connectivity index (χ2n) is 6.69. The molecule has 0 unspecified atom stereocenters. The Morgan fingerprint density at radius 1 is 1.41 bits per heavy atom. The molecule has 0 radical (unpaired) electrons. The Kier molecular flexibility index (Phi) is 4.57. The highest BCUT2D eigenvalue weighted by Gasteiger charge is 2.28. The first-order valence-corrected chi connectivity index (χ1v) is 9.22. The third kappa shape index (κ3) is 3.04. The highest BCUT2D eigenvalue weighted by atomic mass is 16.5. The van der Waals surface area contributed by atoms with Crippen LogP contribution in [0.4, 0.5) is 5.95 Å². The first-order chi connectivity index (χ1) is 14.0. The Bertz CT molecular complexity index is 1140. The second-order valence-corrected chi connectivity index (χ2v) is 6.69. The van der Waals surface area contributed by atoms with Crippen LogP contribution in [-0.2, 0) is 11.3 Å².